The third-order valence-electron chi connectivity index (χ3n) is 14.4. The zero-order chi connectivity index (χ0) is 44.4. The van der Waals surface area contributed by atoms with Gasteiger partial charge in [0.1, 0.15) is 11.2 Å². The van der Waals surface area contributed by atoms with Gasteiger partial charge in [0.15, 0.2) is 0 Å². The van der Waals surface area contributed by atoms with Crippen molar-refractivity contribution in [2.45, 2.75) is 19.3 Å². The molecule has 3 nitrogen and oxygen atoms in total. The van der Waals surface area contributed by atoms with Gasteiger partial charge in [-0.05, 0) is 100 Å². The molecule has 3 heterocycles. The van der Waals surface area contributed by atoms with Crippen LogP contribution in [0.4, 0.5) is 17.1 Å². The largest absolute Gasteiger partial charge is 0.456 e. The first-order valence-corrected chi connectivity index (χ1v) is 23.9. The predicted molar refractivity (Wildman–Crippen MR) is 284 cm³/mol. The molecule has 0 spiro atoms. The van der Waals surface area contributed by atoms with E-state index in [0.717, 1.165) is 55.7 Å². The molecule has 0 saturated carbocycles. The summed E-state index contributed by atoms with van der Waals surface area (Å²) in [5.41, 5.74) is 18.5. The van der Waals surface area contributed by atoms with E-state index < -0.39 is 0 Å². The van der Waals surface area contributed by atoms with Gasteiger partial charge in [-0.15, -0.1) is 11.3 Å². The van der Waals surface area contributed by atoms with Crippen LogP contribution in [-0.2, 0) is 5.41 Å². The zero-order valence-corrected chi connectivity index (χ0v) is 37.8. The molecule has 0 saturated heterocycles. The van der Waals surface area contributed by atoms with Crippen LogP contribution in [-0.4, -0.2) is 4.57 Å². The van der Waals surface area contributed by atoms with Crippen molar-refractivity contribution in [1.29, 1.82) is 0 Å². The third-order valence-corrected chi connectivity index (χ3v) is 15.6. The molecular weight excluding hydrogens is 833 g/mol. The lowest BCUT2D eigenvalue weighted by atomic mass is 9.82. The second-order valence-electron chi connectivity index (χ2n) is 18.4. The summed E-state index contributed by atoms with van der Waals surface area (Å²) in [6.45, 7) is 4.71. The van der Waals surface area contributed by atoms with E-state index in [9.17, 15) is 0 Å². The van der Waals surface area contributed by atoms with E-state index in [0.29, 0.717) is 0 Å². The molecule has 0 atom stereocenters. The van der Waals surface area contributed by atoms with Gasteiger partial charge in [0.25, 0.3) is 0 Å². The van der Waals surface area contributed by atoms with Crippen LogP contribution in [0.2, 0.25) is 0 Å². The van der Waals surface area contributed by atoms with E-state index >= 15 is 0 Å². The molecule has 67 heavy (non-hydrogen) atoms. The minimum Gasteiger partial charge on any atom is -0.456 e. The minimum absolute atomic E-state index is 0.127. The van der Waals surface area contributed by atoms with E-state index in [2.05, 4.69) is 242 Å². The molecule has 1 aliphatic carbocycles. The molecule has 1 aliphatic rings. The normalized spacial score (nSPS) is 13.0. The van der Waals surface area contributed by atoms with E-state index in [1.807, 2.05) is 11.3 Å². The standard InChI is InChI=1S/C63H42N2OS/c1-63(2)52-23-10-6-17-45(52)46-36-35-44(37-53(46)63)64(41-29-27-40(28-30-41)39-15-4-3-5-16-39)42-31-33-43(34-32-42)65-54-24-11-7-19-49(54)59-55(65)38-57-60(50-20-8-12-25-56(50)66-57)61(59)51-22-14-21-48-47-18-9-13-26-58(47)67-62(48)51/h3-38H,1-2H3. The highest BCUT2D eigenvalue weighted by Gasteiger charge is 2.36. The van der Waals surface area contributed by atoms with E-state index in [4.69, 9.17) is 4.42 Å². The first kappa shape index (κ1) is 38.1. The van der Waals surface area contributed by atoms with Crippen molar-refractivity contribution in [3.63, 3.8) is 0 Å². The number of hydrogen-bond donors (Lipinski definition) is 0. The van der Waals surface area contributed by atoms with Crippen LogP contribution in [0.5, 0.6) is 0 Å². The molecule has 4 heteroatoms. The summed E-state index contributed by atoms with van der Waals surface area (Å²) >= 11 is 1.88. The highest BCUT2D eigenvalue weighted by atomic mass is 32.1. The van der Waals surface area contributed by atoms with Crippen molar-refractivity contribution in [2.75, 3.05) is 4.90 Å². The number of fused-ring (bicyclic) bond motifs is 12. The summed E-state index contributed by atoms with van der Waals surface area (Å²) < 4.78 is 11.8. The average Bonchev–Trinajstić information content (AvgIpc) is 4.11. The zero-order valence-electron chi connectivity index (χ0n) is 37.0. The predicted octanol–water partition coefficient (Wildman–Crippen LogP) is 18.2. The molecule has 0 bridgehead atoms. The van der Waals surface area contributed by atoms with Crippen molar-refractivity contribution in [2.24, 2.45) is 0 Å². The minimum atomic E-state index is -0.127. The number of para-hydroxylation sites is 2. The van der Waals surface area contributed by atoms with Crippen molar-refractivity contribution in [3.8, 4) is 39.1 Å². The van der Waals surface area contributed by atoms with Crippen molar-refractivity contribution < 1.29 is 4.42 Å². The number of thiophene rings is 1. The number of rotatable bonds is 6. The van der Waals surface area contributed by atoms with E-state index in [1.165, 1.54) is 75.5 Å². The summed E-state index contributed by atoms with van der Waals surface area (Å²) in [6, 6.07) is 79.9. The molecule has 0 radical (unpaired) electrons. The molecular formula is C63H42N2OS. The molecule has 10 aromatic carbocycles. The van der Waals surface area contributed by atoms with Gasteiger partial charge in [-0.25, -0.2) is 0 Å². The Balaban J connectivity index is 0.976. The Morgan fingerprint density at radius 3 is 1.90 bits per heavy atom. The van der Waals surface area contributed by atoms with Crippen molar-refractivity contribution in [3.05, 3.63) is 230 Å². The monoisotopic (exact) mass is 874 g/mol. The third kappa shape index (κ3) is 5.63. The van der Waals surface area contributed by atoms with Crippen LogP contribution < -0.4 is 4.90 Å². The van der Waals surface area contributed by atoms with Gasteiger partial charge in [0.05, 0.1) is 11.0 Å². The molecule has 3 aromatic heterocycles. The van der Waals surface area contributed by atoms with Crippen LogP contribution >= 0.6 is 11.3 Å². The Morgan fingerprint density at radius 1 is 0.433 bits per heavy atom. The molecule has 316 valence electrons. The number of furan rings is 1. The lowest BCUT2D eigenvalue weighted by Gasteiger charge is -2.28. The second-order valence-corrected chi connectivity index (χ2v) is 19.5. The number of benzene rings is 10. The van der Waals surface area contributed by atoms with Gasteiger partial charge in [-0.2, -0.15) is 0 Å². The smallest absolute Gasteiger partial charge is 0.138 e. The van der Waals surface area contributed by atoms with Gasteiger partial charge in [-0.1, -0.05) is 159 Å². The van der Waals surface area contributed by atoms with E-state index in [1.54, 1.807) is 0 Å². The Labute approximate surface area is 392 Å². The number of nitrogens with zero attached hydrogens (tertiary/aromatic N) is 2. The second kappa shape index (κ2) is 14.4. The summed E-state index contributed by atoms with van der Waals surface area (Å²) in [4.78, 5) is 2.41. The van der Waals surface area contributed by atoms with Crippen molar-refractivity contribution >= 4 is 92.3 Å². The molecule has 14 rings (SSSR count). The van der Waals surface area contributed by atoms with Gasteiger partial charge in [-0.3, -0.25) is 0 Å². The summed E-state index contributed by atoms with van der Waals surface area (Å²) in [7, 11) is 0. The SMILES string of the molecule is CC1(C)c2ccccc2-c2ccc(N(c3ccc(-c4ccccc4)cc3)c3ccc(-n4c5ccccc5c5c(-c6cccc7c6sc6ccccc67)c6c(cc54)oc4ccccc46)cc3)cc21. The Morgan fingerprint density at radius 2 is 1.06 bits per heavy atom. The Kier molecular flexibility index (Phi) is 8.20. The summed E-state index contributed by atoms with van der Waals surface area (Å²) in [6.07, 6.45) is 0. The fourth-order valence-electron chi connectivity index (χ4n) is 11.3. The Bertz CT molecular complexity index is 4110. The molecule has 0 unspecified atom stereocenters. The molecule has 13 aromatic rings. The highest BCUT2D eigenvalue weighted by molar-refractivity contribution is 7.26. The van der Waals surface area contributed by atoms with E-state index in [-0.39, 0.29) is 5.41 Å². The highest BCUT2D eigenvalue weighted by Crippen LogP contribution is 2.52. The summed E-state index contributed by atoms with van der Waals surface area (Å²) in [5, 5.41) is 7.30. The lowest BCUT2D eigenvalue weighted by molar-refractivity contribution is 0.660. The van der Waals surface area contributed by atoms with Gasteiger partial charge >= 0.3 is 0 Å². The number of anilines is 3. The quantitative estimate of drug-likeness (QED) is 0.166. The molecule has 0 amide bonds. The van der Waals surface area contributed by atoms with Crippen LogP contribution in [0.1, 0.15) is 25.0 Å². The lowest BCUT2D eigenvalue weighted by Crippen LogP contribution is -2.16. The molecule has 0 N–H and O–H groups in total. The number of hydrogen-bond acceptors (Lipinski definition) is 3. The van der Waals surface area contributed by atoms with Gasteiger partial charge in [0.2, 0.25) is 0 Å². The fourth-order valence-corrected chi connectivity index (χ4v) is 12.5. The van der Waals surface area contributed by atoms with Crippen LogP contribution in [0.15, 0.2) is 223 Å². The maximum Gasteiger partial charge on any atom is 0.138 e. The van der Waals surface area contributed by atoms with Crippen LogP contribution in [0, 0.1) is 0 Å². The number of aromatic nitrogens is 1. The molecule has 0 aliphatic heterocycles. The topological polar surface area (TPSA) is 21.3 Å². The Hall–Kier alpha value is -8.18. The maximum atomic E-state index is 6.82. The fraction of sp³-hybridized carbons (Fsp3) is 0.0476. The molecule has 0 fully saturated rings. The average molecular weight is 875 g/mol. The van der Waals surface area contributed by atoms with Crippen LogP contribution in [0.3, 0.4) is 0 Å². The summed E-state index contributed by atoms with van der Waals surface area (Å²) in [5.74, 6) is 0. The first-order valence-electron chi connectivity index (χ1n) is 23.1. The van der Waals surface area contributed by atoms with Crippen molar-refractivity contribution in [1.82, 2.24) is 4.57 Å². The maximum absolute atomic E-state index is 6.82. The van der Waals surface area contributed by atoms with Gasteiger partial charge < -0.3 is 13.9 Å². The first-order chi connectivity index (χ1) is 33.0. The van der Waals surface area contributed by atoms with Crippen LogP contribution in [0.25, 0.3) is 103 Å². The van der Waals surface area contributed by atoms with Gasteiger partial charge in [0, 0.05) is 87.1 Å².